The van der Waals surface area contributed by atoms with E-state index in [-0.39, 0.29) is 24.8 Å². The summed E-state index contributed by atoms with van der Waals surface area (Å²) in [5, 5.41) is 7.71. The fraction of sp³-hybridized carbons (Fsp3) is 0.217. The number of nitrogens with one attached hydrogen (secondary N) is 4. The average Bonchev–Trinajstić information content (AvgIpc) is 3.38. The molecular weight excluding hydrogens is 380 g/mol. The lowest BCUT2D eigenvalue weighted by Crippen LogP contribution is -2.31. The monoisotopic (exact) mass is 404 g/mol. The van der Waals surface area contributed by atoms with Gasteiger partial charge in [-0.2, -0.15) is 0 Å². The summed E-state index contributed by atoms with van der Waals surface area (Å²) in [4.78, 5) is 30.8. The standard InChI is InChI=1S/C23H24N4O3/c1-30-21-8-4-7-19-17(21)13-20(27-19)23(29)25-12-10-22(28)24-11-9-15-14-26-18-6-3-2-5-16(15)18/h2-8,13-14,26-27H,9-12H2,1H3,(H,24,28)(H,25,29). The zero-order valence-corrected chi connectivity index (χ0v) is 16.7. The number of ether oxygens (including phenoxy) is 1. The minimum absolute atomic E-state index is 0.0894. The molecule has 2 aromatic carbocycles. The van der Waals surface area contributed by atoms with E-state index in [4.69, 9.17) is 4.74 Å². The van der Waals surface area contributed by atoms with E-state index in [1.54, 1.807) is 13.2 Å². The molecule has 7 heteroatoms. The molecule has 0 aliphatic carbocycles. The molecule has 4 N–H and O–H groups in total. The van der Waals surface area contributed by atoms with E-state index in [9.17, 15) is 9.59 Å². The molecule has 0 fully saturated rings. The van der Waals surface area contributed by atoms with Gasteiger partial charge in [-0.25, -0.2) is 0 Å². The first-order chi connectivity index (χ1) is 14.7. The highest BCUT2D eigenvalue weighted by atomic mass is 16.5. The lowest BCUT2D eigenvalue weighted by atomic mass is 10.1. The summed E-state index contributed by atoms with van der Waals surface area (Å²) in [6.07, 6.45) is 2.95. The Morgan fingerprint density at radius 2 is 1.80 bits per heavy atom. The van der Waals surface area contributed by atoms with Crippen LogP contribution in [-0.4, -0.2) is 42.0 Å². The SMILES string of the molecule is COc1cccc2[nH]c(C(=O)NCCC(=O)NCCc3c[nH]c4ccccc34)cc12. The second-order valence-electron chi connectivity index (χ2n) is 7.07. The summed E-state index contributed by atoms with van der Waals surface area (Å²) in [6.45, 7) is 0.820. The first-order valence-electron chi connectivity index (χ1n) is 9.91. The highest BCUT2D eigenvalue weighted by molar-refractivity contribution is 5.99. The van der Waals surface area contributed by atoms with Crippen molar-refractivity contribution in [3.63, 3.8) is 0 Å². The van der Waals surface area contributed by atoms with Crippen molar-refractivity contribution >= 4 is 33.6 Å². The fourth-order valence-corrected chi connectivity index (χ4v) is 3.58. The lowest BCUT2D eigenvalue weighted by molar-refractivity contribution is -0.120. The van der Waals surface area contributed by atoms with E-state index in [2.05, 4.69) is 26.7 Å². The lowest BCUT2D eigenvalue weighted by Gasteiger charge is -2.06. The van der Waals surface area contributed by atoms with E-state index in [0.29, 0.717) is 18.0 Å². The predicted molar refractivity (Wildman–Crippen MR) is 117 cm³/mol. The van der Waals surface area contributed by atoms with Gasteiger partial charge in [-0.3, -0.25) is 9.59 Å². The maximum Gasteiger partial charge on any atom is 0.267 e. The molecule has 0 bridgehead atoms. The minimum atomic E-state index is -0.250. The molecule has 0 spiro atoms. The first-order valence-corrected chi connectivity index (χ1v) is 9.91. The third-order valence-electron chi connectivity index (χ3n) is 5.12. The normalized spacial score (nSPS) is 11.0. The van der Waals surface area contributed by atoms with Gasteiger partial charge in [0.1, 0.15) is 11.4 Å². The highest BCUT2D eigenvalue weighted by Gasteiger charge is 2.12. The molecule has 0 unspecified atom stereocenters. The minimum Gasteiger partial charge on any atom is -0.496 e. The molecule has 0 aliphatic rings. The molecule has 4 aromatic rings. The fourth-order valence-electron chi connectivity index (χ4n) is 3.58. The van der Waals surface area contributed by atoms with Crippen molar-refractivity contribution in [3.05, 3.63) is 66.0 Å². The maximum atomic E-state index is 12.4. The number of hydrogen-bond acceptors (Lipinski definition) is 3. The number of carbonyl (C=O) groups is 2. The van der Waals surface area contributed by atoms with Gasteiger partial charge >= 0.3 is 0 Å². The largest absolute Gasteiger partial charge is 0.496 e. The number of aromatic amines is 2. The van der Waals surface area contributed by atoms with Crippen molar-refractivity contribution in [2.75, 3.05) is 20.2 Å². The Labute approximate surface area is 173 Å². The summed E-state index contributed by atoms with van der Waals surface area (Å²) in [5.74, 6) is 0.366. The molecule has 7 nitrogen and oxygen atoms in total. The molecule has 0 atom stereocenters. The Hall–Kier alpha value is -3.74. The number of para-hydroxylation sites is 1. The van der Waals surface area contributed by atoms with Gasteiger partial charge in [-0.05, 0) is 36.2 Å². The molecule has 2 amide bonds. The van der Waals surface area contributed by atoms with Gasteiger partial charge in [-0.15, -0.1) is 0 Å². The summed E-state index contributed by atoms with van der Waals surface area (Å²) in [6, 6.07) is 15.4. The molecule has 30 heavy (non-hydrogen) atoms. The quantitative estimate of drug-likeness (QED) is 0.363. The van der Waals surface area contributed by atoms with Crippen LogP contribution in [0.3, 0.4) is 0 Å². The third-order valence-corrected chi connectivity index (χ3v) is 5.12. The van der Waals surface area contributed by atoms with Crippen molar-refractivity contribution in [2.24, 2.45) is 0 Å². The van der Waals surface area contributed by atoms with Crippen LogP contribution in [0.5, 0.6) is 5.75 Å². The van der Waals surface area contributed by atoms with Crippen LogP contribution in [0, 0.1) is 0 Å². The topological polar surface area (TPSA) is 99.0 Å². The average molecular weight is 404 g/mol. The molecule has 0 aliphatic heterocycles. The number of rotatable bonds is 8. The van der Waals surface area contributed by atoms with E-state index >= 15 is 0 Å². The zero-order chi connectivity index (χ0) is 20.9. The molecular formula is C23H24N4O3. The van der Waals surface area contributed by atoms with E-state index in [1.807, 2.05) is 42.6 Å². The zero-order valence-electron chi connectivity index (χ0n) is 16.7. The number of benzene rings is 2. The smallest absolute Gasteiger partial charge is 0.267 e. The van der Waals surface area contributed by atoms with Crippen molar-refractivity contribution in [3.8, 4) is 5.75 Å². The summed E-state index contributed by atoms with van der Waals surface area (Å²) < 4.78 is 5.31. The highest BCUT2D eigenvalue weighted by Crippen LogP contribution is 2.25. The Kier molecular flexibility index (Phi) is 5.70. The number of aromatic nitrogens is 2. The number of carbonyl (C=O) groups excluding carboxylic acids is 2. The van der Waals surface area contributed by atoms with Crippen LogP contribution >= 0.6 is 0 Å². The predicted octanol–water partition coefficient (Wildman–Crippen LogP) is 3.14. The second kappa shape index (κ2) is 8.73. The summed E-state index contributed by atoms with van der Waals surface area (Å²) in [5.41, 5.74) is 3.54. The Bertz CT molecular complexity index is 1190. The summed E-state index contributed by atoms with van der Waals surface area (Å²) >= 11 is 0. The molecule has 4 rings (SSSR count). The van der Waals surface area contributed by atoms with Crippen LogP contribution in [0.15, 0.2) is 54.7 Å². The van der Waals surface area contributed by atoms with E-state index in [0.717, 1.165) is 22.8 Å². The summed E-state index contributed by atoms with van der Waals surface area (Å²) in [7, 11) is 1.60. The van der Waals surface area contributed by atoms with Crippen molar-refractivity contribution in [2.45, 2.75) is 12.8 Å². The number of methoxy groups -OCH3 is 1. The number of fused-ring (bicyclic) bond motifs is 2. The van der Waals surface area contributed by atoms with Crippen LogP contribution in [0.1, 0.15) is 22.5 Å². The first kappa shape index (κ1) is 19.6. The number of hydrogen-bond donors (Lipinski definition) is 4. The van der Waals surface area contributed by atoms with Crippen LogP contribution < -0.4 is 15.4 Å². The maximum absolute atomic E-state index is 12.4. The molecule has 0 radical (unpaired) electrons. The van der Waals surface area contributed by atoms with E-state index < -0.39 is 0 Å². The van der Waals surface area contributed by atoms with Crippen LogP contribution in [0.4, 0.5) is 0 Å². The van der Waals surface area contributed by atoms with Crippen molar-refractivity contribution in [1.29, 1.82) is 0 Å². The van der Waals surface area contributed by atoms with Crippen LogP contribution in [0.25, 0.3) is 21.8 Å². The van der Waals surface area contributed by atoms with Gasteiger partial charge < -0.3 is 25.3 Å². The Balaban J connectivity index is 1.23. The van der Waals surface area contributed by atoms with Crippen molar-refractivity contribution in [1.82, 2.24) is 20.6 Å². The van der Waals surface area contributed by atoms with Crippen LogP contribution in [0.2, 0.25) is 0 Å². The second-order valence-corrected chi connectivity index (χ2v) is 7.07. The molecule has 2 heterocycles. The Morgan fingerprint density at radius 3 is 2.67 bits per heavy atom. The van der Waals surface area contributed by atoms with Crippen molar-refractivity contribution < 1.29 is 14.3 Å². The van der Waals surface area contributed by atoms with Gasteiger partial charge in [0.05, 0.1) is 7.11 Å². The van der Waals surface area contributed by atoms with Gasteiger partial charge in [0, 0.05) is 47.5 Å². The third kappa shape index (κ3) is 4.15. The van der Waals surface area contributed by atoms with Gasteiger partial charge in [0.15, 0.2) is 0 Å². The molecule has 0 saturated carbocycles. The van der Waals surface area contributed by atoms with E-state index in [1.165, 1.54) is 10.9 Å². The van der Waals surface area contributed by atoms with Gasteiger partial charge in [0.25, 0.3) is 5.91 Å². The molecule has 0 saturated heterocycles. The number of amides is 2. The Morgan fingerprint density at radius 1 is 0.967 bits per heavy atom. The van der Waals surface area contributed by atoms with Gasteiger partial charge in [-0.1, -0.05) is 24.3 Å². The van der Waals surface area contributed by atoms with Gasteiger partial charge in [0.2, 0.25) is 5.91 Å². The van der Waals surface area contributed by atoms with Crippen LogP contribution in [-0.2, 0) is 11.2 Å². The molecule has 2 aromatic heterocycles. The number of H-pyrrole nitrogens is 2. The molecule has 154 valence electrons.